The molecule has 0 radical (unpaired) electrons. The lowest BCUT2D eigenvalue weighted by atomic mass is 9.48. The number of aliphatic hydroxyl groups is 2. The minimum absolute atomic E-state index is 0.0173. The van der Waals surface area contributed by atoms with Gasteiger partial charge in [0.1, 0.15) is 18.3 Å². The smallest absolute Gasteiger partial charge is 0.331 e. The van der Waals surface area contributed by atoms with Crippen LogP contribution in [0.3, 0.4) is 0 Å². The molecule has 2 saturated carbocycles. The number of benzene rings is 1. The lowest BCUT2D eigenvalue weighted by molar-refractivity contribution is -0.212. The Morgan fingerprint density at radius 1 is 1.00 bits per heavy atom. The first kappa shape index (κ1) is 31.4. The maximum atomic E-state index is 13.3. The second kappa shape index (κ2) is 11.6. The van der Waals surface area contributed by atoms with E-state index in [1.54, 1.807) is 19.9 Å². The van der Waals surface area contributed by atoms with E-state index in [-0.39, 0.29) is 18.6 Å². The monoisotopic (exact) mass is 580 g/mol. The molecule has 2 bridgehead atoms. The molecule has 3 aliphatic carbocycles. The van der Waals surface area contributed by atoms with Crippen molar-refractivity contribution >= 4 is 29.8 Å². The molecule has 2 fully saturated rings. The molecule has 0 aromatic heterocycles. The standard InChI is InChI=1S/C33H40O9/c1-17-23(36)15-22-29(40-19(3)34)28-18(2)24(42-26(38)14-13-21-11-9-8-10-12-21)16-25(37)33(28,7)31(39)30(41-20(4)35)27(17)32(22,5)6/h8-14,22,24-25,28-31,37,39H,2,15-16H2,1,3-7H3/b14-13+/t22-,24-,25-,28-,29+,30+,31-,33+/m0/s1. The van der Waals surface area contributed by atoms with Crippen molar-refractivity contribution in [3.05, 3.63) is 65.3 Å². The van der Waals surface area contributed by atoms with Crippen LogP contribution in [0.4, 0.5) is 0 Å². The van der Waals surface area contributed by atoms with E-state index in [1.165, 1.54) is 19.9 Å². The minimum Gasteiger partial charge on any atom is -0.462 e. The third-order valence-corrected chi connectivity index (χ3v) is 9.49. The Balaban J connectivity index is 1.83. The molecule has 42 heavy (non-hydrogen) atoms. The zero-order valence-electron chi connectivity index (χ0n) is 25.0. The highest BCUT2D eigenvalue weighted by atomic mass is 16.6. The maximum Gasteiger partial charge on any atom is 0.331 e. The number of hydrogen-bond acceptors (Lipinski definition) is 9. The summed E-state index contributed by atoms with van der Waals surface area (Å²) in [4.78, 5) is 51.1. The molecule has 1 aromatic rings. The van der Waals surface area contributed by atoms with Crippen molar-refractivity contribution in [2.24, 2.45) is 22.7 Å². The van der Waals surface area contributed by atoms with Gasteiger partial charge in [0.25, 0.3) is 0 Å². The van der Waals surface area contributed by atoms with Gasteiger partial charge in [0.2, 0.25) is 0 Å². The van der Waals surface area contributed by atoms with Crippen molar-refractivity contribution < 1.29 is 43.6 Å². The molecule has 2 N–H and O–H groups in total. The second-order valence-electron chi connectivity index (χ2n) is 12.4. The number of aliphatic hydroxyl groups excluding tert-OH is 2. The van der Waals surface area contributed by atoms with E-state index in [0.29, 0.717) is 16.7 Å². The number of carbonyl (C=O) groups excluding carboxylic acids is 4. The highest BCUT2D eigenvalue weighted by Crippen LogP contribution is 2.60. The number of carbonyl (C=O) groups is 4. The minimum atomic E-state index is -1.53. The van der Waals surface area contributed by atoms with E-state index in [2.05, 4.69) is 6.58 Å². The molecule has 0 amide bonds. The van der Waals surface area contributed by atoms with Crippen molar-refractivity contribution in [3.8, 4) is 0 Å². The zero-order chi connectivity index (χ0) is 31.1. The molecule has 0 aliphatic heterocycles. The number of rotatable bonds is 5. The lowest BCUT2D eigenvalue weighted by Gasteiger charge is -2.60. The molecule has 0 saturated heterocycles. The van der Waals surface area contributed by atoms with Crippen molar-refractivity contribution in [1.29, 1.82) is 0 Å². The normalized spacial score (nSPS) is 34.2. The van der Waals surface area contributed by atoms with Gasteiger partial charge in [0, 0.05) is 50.0 Å². The van der Waals surface area contributed by atoms with Crippen LogP contribution in [-0.4, -0.2) is 64.4 Å². The Labute approximate surface area is 246 Å². The quantitative estimate of drug-likeness (QED) is 0.231. The Morgan fingerprint density at radius 2 is 1.62 bits per heavy atom. The van der Waals surface area contributed by atoms with Crippen LogP contribution in [-0.2, 0) is 33.4 Å². The van der Waals surface area contributed by atoms with Crippen LogP contribution >= 0.6 is 0 Å². The molecular formula is C33H40O9. The maximum absolute atomic E-state index is 13.3. The van der Waals surface area contributed by atoms with E-state index >= 15 is 0 Å². The Bertz CT molecular complexity index is 1340. The fourth-order valence-electron chi connectivity index (χ4n) is 7.30. The van der Waals surface area contributed by atoms with Crippen LogP contribution in [0.15, 0.2) is 59.7 Å². The van der Waals surface area contributed by atoms with Gasteiger partial charge in [-0.2, -0.15) is 0 Å². The third kappa shape index (κ3) is 5.47. The summed E-state index contributed by atoms with van der Waals surface area (Å²) in [6.45, 7) is 13.7. The highest BCUT2D eigenvalue weighted by Gasteiger charge is 2.65. The molecule has 4 rings (SSSR count). The largest absolute Gasteiger partial charge is 0.462 e. The SMILES string of the molecule is C=C1[C@@H](OC(=O)/C=C/c2ccccc2)C[C@H](O)[C@@]2(C)[C@@H](O)[C@H](OC(C)=O)C3=C(C)C(=O)C[C@@H]([C@@H](OC(C)=O)[C@H]12)C3(C)C. The summed E-state index contributed by atoms with van der Waals surface area (Å²) in [7, 11) is 0. The topological polar surface area (TPSA) is 136 Å². The van der Waals surface area contributed by atoms with E-state index in [4.69, 9.17) is 14.2 Å². The molecule has 0 heterocycles. The predicted octanol–water partition coefficient (Wildman–Crippen LogP) is 3.72. The van der Waals surface area contributed by atoms with E-state index in [0.717, 1.165) is 5.56 Å². The van der Waals surface area contributed by atoms with Crippen LogP contribution in [0, 0.1) is 22.7 Å². The predicted molar refractivity (Wildman–Crippen MR) is 153 cm³/mol. The summed E-state index contributed by atoms with van der Waals surface area (Å²) >= 11 is 0. The molecule has 9 heteroatoms. The lowest BCUT2D eigenvalue weighted by Crippen LogP contribution is -2.67. The van der Waals surface area contributed by atoms with Gasteiger partial charge in [0.15, 0.2) is 11.9 Å². The first-order valence-electron chi connectivity index (χ1n) is 14.2. The molecule has 9 nitrogen and oxygen atoms in total. The number of ketones is 1. The summed E-state index contributed by atoms with van der Waals surface area (Å²) in [6, 6.07) is 9.19. The Hall–Kier alpha value is -3.56. The number of ether oxygens (including phenoxy) is 3. The summed E-state index contributed by atoms with van der Waals surface area (Å²) in [5.74, 6) is -3.76. The van der Waals surface area contributed by atoms with Gasteiger partial charge in [-0.1, -0.05) is 57.7 Å². The first-order valence-corrected chi connectivity index (χ1v) is 14.2. The number of hydrogen-bond donors (Lipinski definition) is 2. The van der Waals surface area contributed by atoms with Crippen molar-refractivity contribution in [2.45, 2.75) is 84.9 Å². The van der Waals surface area contributed by atoms with Crippen LogP contribution in [0.5, 0.6) is 0 Å². The summed E-state index contributed by atoms with van der Waals surface area (Å²) in [5, 5.41) is 23.8. The van der Waals surface area contributed by atoms with Gasteiger partial charge in [-0.05, 0) is 40.7 Å². The van der Waals surface area contributed by atoms with E-state index < -0.39 is 71.1 Å². The van der Waals surface area contributed by atoms with Gasteiger partial charge in [-0.3, -0.25) is 14.4 Å². The first-order chi connectivity index (χ1) is 19.6. The van der Waals surface area contributed by atoms with E-state index in [9.17, 15) is 29.4 Å². The van der Waals surface area contributed by atoms with Crippen molar-refractivity contribution in [2.75, 3.05) is 0 Å². The molecule has 8 atom stereocenters. The average molecular weight is 581 g/mol. The highest BCUT2D eigenvalue weighted by molar-refractivity contribution is 5.97. The third-order valence-electron chi connectivity index (χ3n) is 9.49. The second-order valence-corrected chi connectivity index (χ2v) is 12.4. The van der Waals surface area contributed by atoms with Crippen molar-refractivity contribution in [3.63, 3.8) is 0 Å². The molecular weight excluding hydrogens is 540 g/mol. The summed E-state index contributed by atoms with van der Waals surface area (Å²) in [6.07, 6.45) is -3.29. The number of allylic oxidation sites excluding steroid dienone is 1. The zero-order valence-corrected chi connectivity index (χ0v) is 25.0. The molecule has 0 unspecified atom stereocenters. The van der Waals surface area contributed by atoms with Crippen LogP contribution in [0.2, 0.25) is 0 Å². The van der Waals surface area contributed by atoms with Gasteiger partial charge in [-0.25, -0.2) is 4.79 Å². The Kier molecular flexibility index (Phi) is 8.67. The van der Waals surface area contributed by atoms with Crippen molar-refractivity contribution in [1.82, 2.24) is 0 Å². The molecule has 0 spiro atoms. The van der Waals surface area contributed by atoms with Crippen LogP contribution in [0.1, 0.15) is 59.9 Å². The van der Waals surface area contributed by atoms with E-state index in [1.807, 2.05) is 44.2 Å². The van der Waals surface area contributed by atoms with Crippen LogP contribution < -0.4 is 0 Å². The fourth-order valence-corrected chi connectivity index (χ4v) is 7.30. The van der Waals surface area contributed by atoms with Gasteiger partial charge in [-0.15, -0.1) is 0 Å². The van der Waals surface area contributed by atoms with Crippen LogP contribution in [0.25, 0.3) is 6.08 Å². The Morgan fingerprint density at radius 3 is 2.21 bits per heavy atom. The van der Waals surface area contributed by atoms with Gasteiger partial charge < -0.3 is 24.4 Å². The molecule has 226 valence electrons. The number of esters is 3. The number of Topliss-reactive ketones (excluding diaryl/α,β-unsaturated/α-hetero) is 1. The summed E-state index contributed by atoms with van der Waals surface area (Å²) < 4.78 is 17.4. The fraction of sp³-hybridized carbons (Fsp3) is 0.515. The van der Waals surface area contributed by atoms with Gasteiger partial charge >= 0.3 is 17.9 Å². The molecule has 3 aliphatic rings. The average Bonchev–Trinajstić information content (AvgIpc) is 2.91. The molecule has 1 aromatic carbocycles. The summed E-state index contributed by atoms with van der Waals surface area (Å²) in [5.41, 5.74) is -0.433. The number of fused-ring (bicyclic) bond motifs is 3. The van der Waals surface area contributed by atoms with Gasteiger partial charge in [0.05, 0.1) is 6.10 Å².